The third-order valence-electron chi connectivity index (χ3n) is 7.82. The molecule has 11 heteroatoms. The van der Waals surface area contributed by atoms with Crippen LogP contribution < -0.4 is 14.5 Å². The maximum Gasteiger partial charge on any atom is 0.419 e. The molecule has 1 spiro atoms. The van der Waals surface area contributed by atoms with Gasteiger partial charge in [-0.2, -0.15) is 18.4 Å². The smallest absolute Gasteiger partial charge is 0.419 e. The highest BCUT2D eigenvalue weighted by atomic mass is 32.1. The second-order valence-electron chi connectivity index (χ2n) is 10.1. The second-order valence-corrected chi connectivity index (χ2v) is 10.5. The number of benzene rings is 1. The zero-order valence-corrected chi connectivity index (χ0v) is 21.4. The van der Waals surface area contributed by atoms with Gasteiger partial charge in [-0.3, -0.25) is 9.69 Å². The van der Waals surface area contributed by atoms with Gasteiger partial charge in [0.05, 0.1) is 24.1 Å². The average molecular weight is 547 g/mol. The van der Waals surface area contributed by atoms with Gasteiger partial charge in [0.1, 0.15) is 11.6 Å². The summed E-state index contributed by atoms with van der Waals surface area (Å²) in [5.74, 6) is -0.403. The van der Waals surface area contributed by atoms with Crippen LogP contribution in [0.25, 0.3) is 0 Å². The van der Waals surface area contributed by atoms with Crippen molar-refractivity contribution in [3.8, 4) is 11.8 Å². The van der Waals surface area contributed by atoms with Gasteiger partial charge in [-0.25, -0.2) is 9.37 Å². The van der Waals surface area contributed by atoms with Crippen LogP contribution in [-0.2, 0) is 11.0 Å². The summed E-state index contributed by atoms with van der Waals surface area (Å²) < 4.78 is 61.5. The standard InChI is InChI=1S/C27H26F4N4O2S/c28-21-14-18(7-8-23(21)37-12-9-17-5-2-1-3-6-17)35-25(38)34(24(36)26(35)10-4-11-26)19-13-20(27(29,30)31)22(15-32)33-16-19/h7-8,13-14,16-17H,1-6,9-12H2. The van der Waals surface area contributed by atoms with E-state index in [-0.39, 0.29) is 16.5 Å². The Morgan fingerprint density at radius 3 is 2.47 bits per heavy atom. The number of amides is 1. The van der Waals surface area contributed by atoms with Crippen LogP contribution in [0, 0.1) is 23.1 Å². The summed E-state index contributed by atoms with van der Waals surface area (Å²) in [6.07, 6.45) is 4.63. The maximum absolute atomic E-state index is 15.1. The fourth-order valence-corrected chi connectivity index (χ4v) is 6.12. The second kappa shape index (κ2) is 10.1. The highest BCUT2D eigenvalue weighted by Gasteiger charge is 2.60. The van der Waals surface area contributed by atoms with Gasteiger partial charge in [-0.05, 0) is 62.0 Å². The van der Waals surface area contributed by atoms with Crippen molar-refractivity contribution < 1.29 is 27.1 Å². The minimum absolute atomic E-state index is 0.0697. The number of nitrogens with zero attached hydrogens (tertiary/aromatic N) is 4. The number of carbonyl (C=O) groups excluding carboxylic acids is 1. The number of ether oxygens (including phenoxy) is 1. The Bertz CT molecular complexity index is 1300. The average Bonchev–Trinajstić information content (AvgIpc) is 3.11. The fraction of sp³-hybridized carbons (Fsp3) is 0.481. The highest BCUT2D eigenvalue weighted by molar-refractivity contribution is 7.81. The molecule has 0 bridgehead atoms. The molecular formula is C27H26F4N4O2S. The molecule has 1 aromatic heterocycles. The predicted molar refractivity (Wildman–Crippen MR) is 136 cm³/mol. The number of rotatable bonds is 6. The van der Waals surface area contributed by atoms with Crippen LogP contribution in [0.15, 0.2) is 30.5 Å². The minimum Gasteiger partial charge on any atom is -0.491 e. The Hall–Kier alpha value is -3.26. The first-order chi connectivity index (χ1) is 18.2. The van der Waals surface area contributed by atoms with E-state index < -0.39 is 34.7 Å². The minimum atomic E-state index is -4.84. The quantitative estimate of drug-likeness (QED) is 0.304. The molecule has 200 valence electrons. The molecule has 0 radical (unpaired) electrons. The number of alkyl halides is 3. The summed E-state index contributed by atoms with van der Waals surface area (Å²) in [7, 11) is 0. The largest absolute Gasteiger partial charge is 0.491 e. The third kappa shape index (κ3) is 4.59. The Balaban J connectivity index is 1.40. The van der Waals surface area contributed by atoms with Crippen molar-refractivity contribution in [3.63, 3.8) is 0 Å². The van der Waals surface area contributed by atoms with Crippen LogP contribution in [-0.4, -0.2) is 28.1 Å². The molecule has 2 heterocycles. The zero-order chi connectivity index (χ0) is 27.1. The molecule has 0 N–H and O–H groups in total. The van der Waals surface area contributed by atoms with Crippen LogP contribution in [0.2, 0.25) is 0 Å². The molecule has 2 aliphatic carbocycles. The van der Waals surface area contributed by atoms with E-state index in [4.69, 9.17) is 22.2 Å². The maximum atomic E-state index is 15.1. The van der Waals surface area contributed by atoms with Crippen molar-refractivity contribution in [2.24, 2.45) is 5.92 Å². The molecule has 0 atom stereocenters. The van der Waals surface area contributed by atoms with E-state index in [0.29, 0.717) is 43.5 Å². The number of thiocarbonyl (C=S) groups is 1. The lowest BCUT2D eigenvalue weighted by Crippen LogP contribution is -2.55. The summed E-state index contributed by atoms with van der Waals surface area (Å²) in [5.41, 5.74) is -3.03. The number of pyridine rings is 1. The molecule has 2 saturated carbocycles. The van der Waals surface area contributed by atoms with Crippen LogP contribution in [0.4, 0.5) is 28.9 Å². The first kappa shape index (κ1) is 26.4. The molecule has 5 rings (SSSR count). The van der Waals surface area contributed by atoms with Crippen molar-refractivity contribution in [2.45, 2.75) is 69.5 Å². The number of anilines is 2. The summed E-state index contributed by atoms with van der Waals surface area (Å²) in [6, 6.07) is 6.49. The zero-order valence-electron chi connectivity index (χ0n) is 20.6. The molecule has 1 aliphatic heterocycles. The van der Waals surface area contributed by atoms with E-state index in [1.807, 2.05) is 0 Å². The van der Waals surface area contributed by atoms with Crippen molar-refractivity contribution in [1.29, 1.82) is 5.26 Å². The Kier molecular flexibility index (Phi) is 7.03. The van der Waals surface area contributed by atoms with Crippen LogP contribution >= 0.6 is 12.2 Å². The third-order valence-corrected chi connectivity index (χ3v) is 8.18. The van der Waals surface area contributed by atoms with Crippen molar-refractivity contribution in [3.05, 3.63) is 47.5 Å². The van der Waals surface area contributed by atoms with Gasteiger partial charge in [0.25, 0.3) is 5.91 Å². The van der Waals surface area contributed by atoms with Gasteiger partial charge in [-0.1, -0.05) is 32.1 Å². The van der Waals surface area contributed by atoms with Gasteiger partial charge >= 0.3 is 6.18 Å². The number of carbonyl (C=O) groups is 1. The molecule has 2 aromatic rings. The van der Waals surface area contributed by atoms with E-state index in [1.54, 1.807) is 6.07 Å². The van der Waals surface area contributed by atoms with Gasteiger partial charge < -0.3 is 9.64 Å². The van der Waals surface area contributed by atoms with Gasteiger partial charge in [0.2, 0.25) is 0 Å². The summed E-state index contributed by atoms with van der Waals surface area (Å²) in [6.45, 7) is 0.409. The van der Waals surface area contributed by atoms with Gasteiger partial charge in [0, 0.05) is 11.8 Å². The topological polar surface area (TPSA) is 69.5 Å². The highest BCUT2D eigenvalue weighted by Crippen LogP contribution is 2.48. The number of hydrogen-bond donors (Lipinski definition) is 0. The molecule has 3 fully saturated rings. The Labute approximate surface area is 223 Å². The van der Waals surface area contributed by atoms with E-state index in [2.05, 4.69) is 4.98 Å². The van der Waals surface area contributed by atoms with E-state index in [0.717, 1.165) is 17.5 Å². The first-order valence-corrected chi connectivity index (χ1v) is 13.1. The van der Waals surface area contributed by atoms with Crippen LogP contribution in [0.3, 0.4) is 0 Å². The van der Waals surface area contributed by atoms with E-state index in [1.165, 1.54) is 55.2 Å². The summed E-state index contributed by atoms with van der Waals surface area (Å²) in [5, 5.41) is 8.99. The summed E-state index contributed by atoms with van der Waals surface area (Å²) >= 11 is 5.57. The lowest BCUT2D eigenvalue weighted by molar-refractivity contribution is -0.138. The van der Waals surface area contributed by atoms with Gasteiger partial charge in [0.15, 0.2) is 22.4 Å². The number of hydrogen-bond acceptors (Lipinski definition) is 5. The van der Waals surface area contributed by atoms with Crippen molar-refractivity contribution >= 4 is 34.6 Å². The van der Waals surface area contributed by atoms with E-state index in [9.17, 15) is 18.0 Å². The molecule has 0 unspecified atom stereocenters. The lowest BCUT2D eigenvalue weighted by Gasteiger charge is -2.43. The first-order valence-electron chi connectivity index (χ1n) is 12.7. The Morgan fingerprint density at radius 1 is 1.13 bits per heavy atom. The van der Waals surface area contributed by atoms with Crippen molar-refractivity contribution in [2.75, 3.05) is 16.4 Å². The molecule has 1 amide bonds. The summed E-state index contributed by atoms with van der Waals surface area (Å²) in [4.78, 5) is 19.7. The predicted octanol–water partition coefficient (Wildman–Crippen LogP) is 6.52. The SMILES string of the molecule is N#Cc1ncc(N2C(=O)C3(CCC3)N(c3ccc(OCCC4CCCCC4)c(F)c3)C2=S)cc1C(F)(F)F. The molecule has 38 heavy (non-hydrogen) atoms. The molecule has 1 aromatic carbocycles. The molecule has 1 saturated heterocycles. The van der Waals surface area contributed by atoms with Gasteiger partial charge in [-0.15, -0.1) is 0 Å². The monoisotopic (exact) mass is 546 g/mol. The molecule has 3 aliphatic rings. The van der Waals surface area contributed by atoms with Crippen molar-refractivity contribution in [1.82, 2.24) is 4.98 Å². The van der Waals surface area contributed by atoms with Crippen LogP contribution in [0.1, 0.15) is 69.0 Å². The fourth-order valence-electron chi connectivity index (χ4n) is 5.65. The molecular weight excluding hydrogens is 520 g/mol. The number of aromatic nitrogens is 1. The van der Waals surface area contributed by atoms with E-state index >= 15 is 4.39 Å². The number of halogens is 4. The number of nitriles is 1. The van der Waals surface area contributed by atoms with Crippen LogP contribution in [0.5, 0.6) is 5.75 Å². The lowest BCUT2D eigenvalue weighted by atomic mass is 9.75. The Morgan fingerprint density at radius 2 is 1.87 bits per heavy atom. The normalized spacial score (nSPS) is 19.6. The molecule has 6 nitrogen and oxygen atoms in total.